The lowest BCUT2D eigenvalue weighted by atomic mass is 10.2. The van der Waals surface area contributed by atoms with Crippen molar-refractivity contribution in [2.75, 3.05) is 0 Å². The third-order valence-electron chi connectivity index (χ3n) is 1.48. The summed E-state index contributed by atoms with van der Waals surface area (Å²) in [5.41, 5.74) is 0.134. The lowest BCUT2D eigenvalue weighted by Crippen LogP contribution is -1.86. The summed E-state index contributed by atoms with van der Waals surface area (Å²) in [5.74, 6) is -1.79. The molecule has 0 fully saturated rings. The maximum Gasteiger partial charge on any atom is 0.202 e. The molecular weight excluding hydrogens is 174 g/mol. The topological polar surface area (TPSA) is 17.1 Å². The summed E-state index contributed by atoms with van der Waals surface area (Å²) in [7, 11) is 0. The molecule has 0 saturated heterocycles. The van der Waals surface area contributed by atoms with Gasteiger partial charge in [-0.2, -0.15) is 0 Å². The van der Waals surface area contributed by atoms with Crippen LogP contribution in [0.1, 0.15) is 12.0 Å². The van der Waals surface area contributed by atoms with Crippen LogP contribution >= 0.6 is 0 Å². The van der Waals surface area contributed by atoms with Gasteiger partial charge in [-0.1, -0.05) is 24.3 Å². The van der Waals surface area contributed by atoms with E-state index in [4.69, 9.17) is 0 Å². The first kappa shape index (κ1) is 9.58. The summed E-state index contributed by atoms with van der Waals surface area (Å²) in [4.78, 5) is 9.80. The molecule has 0 heterocycles. The van der Waals surface area contributed by atoms with Crippen LogP contribution in [-0.2, 0) is 4.79 Å². The van der Waals surface area contributed by atoms with Crippen LogP contribution in [0.3, 0.4) is 0 Å². The van der Waals surface area contributed by atoms with E-state index in [1.807, 2.05) is 0 Å². The molecule has 0 aliphatic rings. The lowest BCUT2D eigenvalue weighted by Gasteiger charge is -1.96. The number of halogens is 2. The first-order valence-corrected chi connectivity index (χ1v) is 3.71. The number of rotatable bonds is 3. The summed E-state index contributed by atoms with van der Waals surface area (Å²) in [6.45, 7) is 0. The van der Waals surface area contributed by atoms with E-state index in [2.05, 4.69) is 0 Å². The fraction of sp³-hybridized carbons (Fsp3) is 0.100. The van der Waals surface area contributed by atoms with Crippen LogP contribution in [0.2, 0.25) is 0 Å². The van der Waals surface area contributed by atoms with Crippen LogP contribution in [-0.4, -0.2) is 6.29 Å². The summed E-state index contributed by atoms with van der Waals surface area (Å²) >= 11 is 0. The highest BCUT2D eigenvalue weighted by molar-refractivity contribution is 5.58. The van der Waals surface area contributed by atoms with Crippen molar-refractivity contribution in [1.29, 1.82) is 0 Å². The van der Waals surface area contributed by atoms with Gasteiger partial charge >= 0.3 is 0 Å². The minimum Gasteiger partial charge on any atom is -0.291 e. The third-order valence-corrected chi connectivity index (χ3v) is 1.48. The van der Waals surface area contributed by atoms with E-state index >= 15 is 0 Å². The molecule has 0 aliphatic heterocycles. The Morgan fingerprint density at radius 3 is 2.85 bits per heavy atom. The second-order valence-electron chi connectivity index (χ2n) is 2.39. The molecule has 0 aromatic heterocycles. The first-order valence-electron chi connectivity index (χ1n) is 3.71. The second kappa shape index (κ2) is 4.50. The van der Waals surface area contributed by atoms with E-state index < -0.39 is 11.6 Å². The van der Waals surface area contributed by atoms with Gasteiger partial charge in [0, 0.05) is 12.0 Å². The quantitative estimate of drug-likeness (QED) is 0.700. The van der Waals surface area contributed by atoms with Gasteiger partial charge in [-0.3, -0.25) is 4.79 Å². The summed E-state index contributed by atoms with van der Waals surface area (Å²) in [6.07, 6.45) is 4.47. The van der Waals surface area contributed by atoms with Crippen LogP contribution in [0, 0.1) is 11.6 Å². The molecule has 1 radical (unpaired) electrons. The minimum absolute atomic E-state index is 0.0793. The zero-order valence-corrected chi connectivity index (χ0v) is 6.76. The van der Waals surface area contributed by atoms with Crippen molar-refractivity contribution < 1.29 is 13.6 Å². The van der Waals surface area contributed by atoms with Crippen LogP contribution in [0.15, 0.2) is 24.3 Å². The van der Waals surface area contributed by atoms with Crippen molar-refractivity contribution in [3.63, 3.8) is 0 Å². The van der Waals surface area contributed by atoms with Crippen LogP contribution in [0.4, 0.5) is 8.78 Å². The molecular formula is C10H7F2O. The predicted molar refractivity (Wildman–Crippen MR) is 45.7 cm³/mol. The number of carbonyl (C=O) groups excluding carboxylic acids is 1. The smallest absolute Gasteiger partial charge is 0.202 e. The highest BCUT2D eigenvalue weighted by Crippen LogP contribution is 2.12. The zero-order chi connectivity index (χ0) is 9.68. The van der Waals surface area contributed by atoms with E-state index in [9.17, 15) is 13.6 Å². The Hall–Kier alpha value is -1.51. The van der Waals surface area contributed by atoms with E-state index in [-0.39, 0.29) is 12.0 Å². The van der Waals surface area contributed by atoms with Gasteiger partial charge < -0.3 is 0 Å². The van der Waals surface area contributed by atoms with Gasteiger partial charge in [-0.05, 0) is 6.07 Å². The summed E-state index contributed by atoms with van der Waals surface area (Å²) in [5, 5.41) is 0. The number of allylic oxidation sites excluding steroid dienone is 1. The highest BCUT2D eigenvalue weighted by Gasteiger charge is 2.03. The van der Waals surface area contributed by atoms with Crippen LogP contribution in [0.25, 0.3) is 6.08 Å². The molecule has 3 heteroatoms. The Balaban J connectivity index is 2.88. The Kier molecular flexibility index (Phi) is 3.31. The Morgan fingerprint density at radius 1 is 1.38 bits per heavy atom. The molecule has 1 aromatic rings. The average molecular weight is 181 g/mol. The maximum absolute atomic E-state index is 12.9. The molecule has 0 spiro atoms. The van der Waals surface area contributed by atoms with Crippen molar-refractivity contribution in [3.8, 4) is 0 Å². The monoisotopic (exact) mass is 181 g/mol. The number of hydrogen-bond acceptors (Lipinski definition) is 1. The van der Waals surface area contributed by atoms with E-state index in [0.717, 1.165) is 6.07 Å². The molecule has 0 atom stereocenters. The zero-order valence-electron chi connectivity index (χ0n) is 6.76. The van der Waals surface area contributed by atoms with Gasteiger partial charge in [-0.25, -0.2) is 8.78 Å². The molecule has 13 heavy (non-hydrogen) atoms. The Labute approximate surface area is 74.7 Å². The fourth-order valence-corrected chi connectivity index (χ4v) is 0.883. The predicted octanol–water partition coefficient (Wildman–Crippen LogP) is 2.48. The van der Waals surface area contributed by atoms with Crippen LogP contribution in [0.5, 0.6) is 0 Å². The molecule has 67 valence electrons. The van der Waals surface area contributed by atoms with Crippen LogP contribution < -0.4 is 0 Å². The van der Waals surface area contributed by atoms with Gasteiger partial charge in [0.25, 0.3) is 0 Å². The molecule has 0 amide bonds. The van der Waals surface area contributed by atoms with Crippen molar-refractivity contribution >= 4 is 12.4 Å². The first-order chi connectivity index (χ1) is 6.25. The van der Waals surface area contributed by atoms with Crippen molar-refractivity contribution in [2.24, 2.45) is 0 Å². The SMILES string of the molecule is O=[C]CC=Cc1cccc(F)c1F. The standard InChI is InChI=1S/C10H7F2O/c11-9-6-3-5-8(10(9)12)4-1-2-7-13/h1,3-6H,2H2. The Bertz CT molecular complexity index is 332. The van der Waals surface area contributed by atoms with E-state index in [1.54, 1.807) is 6.29 Å². The minimum atomic E-state index is -0.898. The van der Waals surface area contributed by atoms with Crippen molar-refractivity contribution in [2.45, 2.75) is 6.42 Å². The summed E-state index contributed by atoms with van der Waals surface area (Å²) in [6, 6.07) is 3.88. The molecule has 0 aliphatic carbocycles. The molecule has 1 aromatic carbocycles. The van der Waals surface area contributed by atoms with E-state index in [1.165, 1.54) is 24.3 Å². The number of benzene rings is 1. The Morgan fingerprint density at radius 2 is 2.15 bits per heavy atom. The van der Waals surface area contributed by atoms with Gasteiger partial charge in [0.05, 0.1) is 0 Å². The van der Waals surface area contributed by atoms with Crippen molar-refractivity contribution in [1.82, 2.24) is 0 Å². The largest absolute Gasteiger partial charge is 0.291 e. The van der Waals surface area contributed by atoms with Gasteiger partial charge in [0.15, 0.2) is 11.6 Å². The fourth-order valence-electron chi connectivity index (χ4n) is 0.883. The van der Waals surface area contributed by atoms with E-state index in [0.29, 0.717) is 0 Å². The number of hydrogen-bond donors (Lipinski definition) is 0. The maximum atomic E-state index is 12.9. The van der Waals surface area contributed by atoms with Gasteiger partial charge in [0.1, 0.15) is 0 Å². The lowest BCUT2D eigenvalue weighted by molar-refractivity contribution is 0.507. The highest BCUT2D eigenvalue weighted by atomic mass is 19.2. The average Bonchev–Trinajstić information content (AvgIpc) is 2.13. The second-order valence-corrected chi connectivity index (χ2v) is 2.39. The molecule has 1 nitrogen and oxygen atoms in total. The third kappa shape index (κ3) is 2.47. The van der Waals surface area contributed by atoms with Gasteiger partial charge in [0.2, 0.25) is 6.29 Å². The molecule has 0 unspecified atom stereocenters. The molecule has 0 N–H and O–H groups in total. The molecule has 1 rings (SSSR count). The molecule has 0 saturated carbocycles. The normalized spacial score (nSPS) is 10.6. The van der Waals surface area contributed by atoms with Crippen molar-refractivity contribution in [3.05, 3.63) is 41.5 Å². The summed E-state index contributed by atoms with van der Waals surface area (Å²) < 4.78 is 25.5. The van der Waals surface area contributed by atoms with Gasteiger partial charge in [-0.15, -0.1) is 0 Å². The molecule has 0 bridgehead atoms.